The van der Waals surface area contributed by atoms with Gasteiger partial charge in [-0.15, -0.1) is 0 Å². The molecule has 3 aromatic rings. The minimum Gasteiger partial charge on any atom is -0.407 e. The van der Waals surface area contributed by atoms with Gasteiger partial charge < -0.3 is 10.1 Å². The van der Waals surface area contributed by atoms with Crippen LogP contribution in [-0.2, 0) is 16.0 Å². The van der Waals surface area contributed by atoms with Crippen LogP contribution in [0.15, 0.2) is 48.5 Å². The van der Waals surface area contributed by atoms with Gasteiger partial charge in [0.05, 0.1) is 16.9 Å². The molecule has 0 aliphatic rings. The number of aromatic nitrogens is 2. The summed E-state index contributed by atoms with van der Waals surface area (Å²) < 4.78 is 7.34. The maximum absolute atomic E-state index is 11.9. The molecular formula is C24H27N3O3. The molecule has 0 aliphatic heterocycles. The number of rotatable bonds is 7. The fraction of sp³-hybridized carbons (Fsp3) is 0.292. The number of carbonyl (C=O) groups excluding carboxylic acids is 2. The van der Waals surface area contributed by atoms with E-state index in [1.54, 1.807) is 4.68 Å². The van der Waals surface area contributed by atoms with Crippen LogP contribution in [0.2, 0.25) is 0 Å². The molecule has 0 atom stereocenters. The molecule has 0 saturated carbocycles. The second-order valence-electron chi connectivity index (χ2n) is 7.20. The van der Waals surface area contributed by atoms with Gasteiger partial charge in [-0.05, 0) is 43.2 Å². The molecule has 3 rings (SSSR count). The monoisotopic (exact) mass is 405 g/mol. The Balaban J connectivity index is 2.12. The standard InChI is InChI=1S/C24H27N3O3/c1-5-7-21-23(18-10-12-19(13-11-18)25-22(29)6-2)24(30-17(4)28)27(26-21)20-14-8-16(3)9-15-20/h8-15H,5-7H2,1-4H3,(H,25,29). The van der Waals surface area contributed by atoms with Gasteiger partial charge in [-0.2, -0.15) is 9.78 Å². The Morgan fingerprint density at radius 2 is 1.70 bits per heavy atom. The lowest BCUT2D eigenvalue weighted by atomic mass is 10.0. The number of hydrogen-bond donors (Lipinski definition) is 1. The van der Waals surface area contributed by atoms with E-state index in [1.807, 2.05) is 62.4 Å². The average molecular weight is 405 g/mol. The fourth-order valence-corrected chi connectivity index (χ4v) is 3.21. The topological polar surface area (TPSA) is 73.2 Å². The van der Waals surface area contributed by atoms with E-state index < -0.39 is 5.97 Å². The molecule has 0 aliphatic carbocycles. The van der Waals surface area contributed by atoms with Crippen LogP contribution in [0.4, 0.5) is 5.69 Å². The summed E-state index contributed by atoms with van der Waals surface area (Å²) in [7, 11) is 0. The molecule has 0 spiro atoms. The number of aryl methyl sites for hydroxylation is 2. The van der Waals surface area contributed by atoms with Crippen LogP contribution in [0.1, 0.15) is 44.9 Å². The first kappa shape index (κ1) is 21.3. The van der Waals surface area contributed by atoms with E-state index in [0.717, 1.165) is 46.6 Å². The summed E-state index contributed by atoms with van der Waals surface area (Å²) in [6, 6.07) is 15.4. The van der Waals surface area contributed by atoms with E-state index in [0.29, 0.717) is 12.3 Å². The van der Waals surface area contributed by atoms with E-state index in [4.69, 9.17) is 9.84 Å². The SMILES string of the molecule is CCCc1nn(-c2ccc(C)cc2)c(OC(C)=O)c1-c1ccc(NC(=O)CC)cc1. The maximum Gasteiger partial charge on any atom is 0.309 e. The Kier molecular flexibility index (Phi) is 6.67. The molecule has 1 N–H and O–H groups in total. The summed E-state index contributed by atoms with van der Waals surface area (Å²) in [6.07, 6.45) is 2.07. The second-order valence-corrected chi connectivity index (χ2v) is 7.20. The van der Waals surface area contributed by atoms with Crippen molar-refractivity contribution in [2.45, 2.75) is 47.0 Å². The van der Waals surface area contributed by atoms with Gasteiger partial charge in [-0.3, -0.25) is 9.59 Å². The summed E-state index contributed by atoms with van der Waals surface area (Å²) in [5.74, 6) is -0.0400. The first-order valence-corrected chi connectivity index (χ1v) is 10.2. The van der Waals surface area contributed by atoms with Crippen LogP contribution in [0, 0.1) is 6.92 Å². The van der Waals surface area contributed by atoms with Gasteiger partial charge in [0.15, 0.2) is 0 Å². The minimum atomic E-state index is -0.403. The van der Waals surface area contributed by atoms with Gasteiger partial charge in [0.25, 0.3) is 0 Å². The summed E-state index contributed by atoms with van der Waals surface area (Å²) in [6.45, 7) is 7.31. The molecule has 1 amide bonds. The quantitative estimate of drug-likeness (QED) is 0.557. The van der Waals surface area contributed by atoms with Gasteiger partial charge in [-0.25, -0.2) is 0 Å². The summed E-state index contributed by atoms with van der Waals surface area (Å²) in [4.78, 5) is 23.6. The highest BCUT2D eigenvalue weighted by molar-refractivity contribution is 5.91. The Labute approximate surface area is 176 Å². The lowest BCUT2D eigenvalue weighted by Gasteiger charge is -2.10. The predicted molar refractivity (Wildman–Crippen MR) is 118 cm³/mol. The first-order chi connectivity index (χ1) is 14.4. The van der Waals surface area contributed by atoms with Crippen molar-refractivity contribution in [1.29, 1.82) is 0 Å². The third kappa shape index (κ3) is 4.76. The zero-order chi connectivity index (χ0) is 21.7. The molecule has 0 saturated heterocycles. The average Bonchev–Trinajstić information content (AvgIpc) is 3.06. The summed E-state index contributed by atoms with van der Waals surface area (Å²) in [5.41, 5.74) is 5.22. The molecule has 0 fully saturated rings. The summed E-state index contributed by atoms with van der Waals surface area (Å²) in [5, 5.41) is 7.63. The minimum absolute atomic E-state index is 0.0396. The van der Waals surface area contributed by atoms with Crippen molar-refractivity contribution in [3.63, 3.8) is 0 Å². The molecule has 6 nitrogen and oxygen atoms in total. The Morgan fingerprint density at radius 1 is 1.03 bits per heavy atom. The van der Waals surface area contributed by atoms with Gasteiger partial charge in [0.1, 0.15) is 0 Å². The normalized spacial score (nSPS) is 10.7. The molecule has 1 heterocycles. The van der Waals surface area contributed by atoms with Crippen molar-refractivity contribution < 1.29 is 14.3 Å². The number of anilines is 1. The Hall–Kier alpha value is -3.41. The fourth-order valence-electron chi connectivity index (χ4n) is 3.21. The molecule has 0 radical (unpaired) electrons. The third-order valence-corrected chi connectivity index (χ3v) is 4.70. The number of nitrogens with one attached hydrogen (secondary N) is 1. The van der Waals surface area contributed by atoms with Crippen LogP contribution < -0.4 is 10.1 Å². The third-order valence-electron chi connectivity index (χ3n) is 4.70. The molecule has 30 heavy (non-hydrogen) atoms. The number of ether oxygens (including phenoxy) is 1. The smallest absolute Gasteiger partial charge is 0.309 e. The van der Waals surface area contributed by atoms with E-state index in [1.165, 1.54) is 6.92 Å². The zero-order valence-corrected chi connectivity index (χ0v) is 17.9. The molecule has 2 aromatic carbocycles. The Morgan fingerprint density at radius 3 is 2.27 bits per heavy atom. The van der Waals surface area contributed by atoms with Crippen molar-refractivity contribution in [3.05, 3.63) is 59.8 Å². The number of amides is 1. The van der Waals surface area contributed by atoms with E-state index >= 15 is 0 Å². The van der Waals surface area contributed by atoms with Crippen molar-refractivity contribution >= 4 is 17.6 Å². The predicted octanol–water partition coefficient (Wildman–Crippen LogP) is 5.07. The maximum atomic E-state index is 11.9. The zero-order valence-electron chi connectivity index (χ0n) is 17.9. The highest BCUT2D eigenvalue weighted by Crippen LogP contribution is 2.37. The van der Waals surface area contributed by atoms with Gasteiger partial charge >= 0.3 is 5.97 Å². The van der Waals surface area contributed by atoms with E-state index in [2.05, 4.69) is 12.2 Å². The molecule has 0 bridgehead atoms. The largest absolute Gasteiger partial charge is 0.407 e. The molecule has 0 unspecified atom stereocenters. The van der Waals surface area contributed by atoms with Gasteiger partial charge in [0, 0.05) is 19.0 Å². The van der Waals surface area contributed by atoms with Gasteiger partial charge in [-0.1, -0.05) is 50.1 Å². The number of carbonyl (C=O) groups is 2. The van der Waals surface area contributed by atoms with Crippen LogP contribution in [0.5, 0.6) is 5.88 Å². The van der Waals surface area contributed by atoms with E-state index in [9.17, 15) is 9.59 Å². The van der Waals surface area contributed by atoms with Crippen LogP contribution in [0.3, 0.4) is 0 Å². The highest BCUT2D eigenvalue weighted by atomic mass is 16.5. The van der Waals surface area contributed by atoms with Crippen molar-refractivity contribution in [1.82, 2.24) is 9.78 Å². The summed E-state index contributed by atoms with van der Waals surface area (Å²) >= 11 is 0. The number of nitrogens with zero attached hydrogens (tertiary/aromatic N) is 2. The highest BCUT2D eigenvalue weighted by Gasteiger charge is 2.23. The van der Waals surface area contributed by atoms with Crippen molar-refractivity contribution in [3.8, 4) is 22.7 Å². The molecular weight excluding hydrogens is 378 g/mol. The molecule has 1 aromatic heterocycles. The number of benzene rings is 2. The second kappa shape index (κ2) is 9.39. The molecule has 156 valence electrons. The van der Waals surface area contributed by atoms with Crippen LogP contribution in [-0.4, -0.2) is 21.7 Å². The van der Waals surface area contributed by atoms with Crippen LogP contribution >= 0.6 is 0 Å². The van der Waals surface area contributed by atoms with Crippen LogP contribution in [0.25, 0.3) is 16.8 Å². The van der Waals surface area contributed by atoms with Gasteiger partial charge in [0.2, 0.25) is 11.8 Å². The van der Waals surface area contributed by atoms with Crippen molar-refractivity contribution in [2.24, 2.45) is 0 Å². The lowest BCUT2D eigenvalue weighted by molar-refractivity contribution is -0.132. The first-order valence-electron chi connectivity index (χ1n) is 10.2. The molecule has 6 heteroatoms. The number of hydrogen-bond acceptors (Lipinski definition) is 4. The van der Waals surface area contributed by atoms with Crippen molar-refractivity contribution in [2.75, 3.05) is 5.32 Å². The number of esters is 1. The van der Waals surface area contributed by atoms with E-state index in [-0.39, 0.29) is 5.91 Å². The lowest BCUT2D eigenvalue weighted by Crippen LogP contribution is -2.09. The Bertz CT molecular complexity index is 1030.